The van der Waals surface area contributed by atoms with Crippen LogP contribution in [0.4, 0.5) is 0 Å². The van der Waals surface area contributed by atoms with Gasteiger partial charge in [-0.05, 0) is 31.2 Å². The van der Waals surface area contributed by atoms with Crippen molar-refractivity contribution in [1.29, 1.82) is 0 Å². The van der Waals surface area contributed by atoms with Crippen LogP contribution >= 0.6 is 0 Å². The number of hydrogen-bond donors (Lipinski definition) is 0. The molecule has 0 fully saturated rings. The Bertz CT molecular complexity index is 852. The van der Waals surface area contributed by atoms with Crippen molar-refractivity contribution < 1.29 is 9.15 Å². The second kappa shape index (κ2) is 5.37. The molecular weight excluding hydrogens is 264 g/mol. The lowest BCUT2D eigenvalue weighted by Crippen LogP contribution is -1.97. The minimum Gasteiger partial charge on any atom is -0.495 e. The summed E-state index contributed by atoms with van der Waals surface area (Å²) < 4.78 is 11.2. The molecule has 3 heteroatoms. The first kappa shape index (κ1) is 13.3. The van der Waals surface area contributed by atoms with Crippen LogP contribution in [0.25, 0.3) is 22.3 Å². The van der Waals surface area contributed by atoms with Crippen LogP contribution in [0, 0.1) is 6.92 Å². The number of aryl methyl sites for hydroxylation is 1. The Kier molecular flexibility index (Phi) is 3.40. The van der Waals surface area contributed by atoms with Crippen LogP contribution in [0.3, 0.4) is 0 Å². The zero-order chi connectivity index (χ0) is 14.8. The van der Waals surface area contributed by atoms with Gasteiger partial charge in [0, 0.05) is 0 Å². The topological polar surface area (TPSA) is 37.6 Å². The van der Waals surface area contributed by atoms with E-state index in [-0.39, 0.29) is 5.43 Å². The number of fused-ring (bicyclic) bond motifs is 1. The largest absolute Gasteiger partial charge is 0.495 e. The van der Waals surface area contributed by atoms with E-state index in [2.05, 4.69) is 0 Å². The number of benzene rings is 1. The molecule has 0 radical (unpaired) electrons. The Morgan fingerprint density at radius 3 is 2.43 bits per heavy atom. The second-order valence-electron chi connectivity index (χ2n) is 4.87. The van der Waals surface area contributed by atoms with Crippen molar-refractivity contribution in [3.05, 3.63) is 70.4 Å². The van der Waals surface area contributed by atoms with Crippen molar-refractivity contribution in [2.75, 3.05) is 7.11 Å². The predicted molar refractivity (Wildman–Crippen MR) is 83.6 cm³/mol. The van der Waals surface area contributed by atoms with Crippen molar-refractivity contribution >= 4 is 11.0 Å². The molecule has 0 atom stereocenters. The minimum atomic E-state index is -0.165. The molecule has 0 N–H and O–H groups in total. The highest BCUT2D eigenvalue weighted by Crippen LogP contribution is 2.30. The second-order valence-corrected chi connectivity index (χ2v) is 4.87. The molecule has 0 saturated heterocycles. The molecule has 3 nitrogen and oxygen atoms in total. The summed E-state index contributed by atoms with van der Waals surface area (Å²) >= 11 is 0. The lowest BCUT2D eigenvalue weighted by molar-refractivity contribution is 0.416. The third kappa shape index (κ3) is 2.50. The fraction of sp³-hybridized carbons (Fsp3) is 0.111. The van der Waals surface area contributed by atoms with Crippen LogP contribution in [0.5, 0.6) is 5.75 Å². The van der Waals surface area contributed by atoms with E-state index in [4.69, 9.17) is 9.15 Å². The third-order valence-electron chi connectivity index (χ3n) is 3.39. The molecule has 0 saturated carbocycles. The summed E-state index contributed by atoms with van der Waals surface area (Å²) in [7, 11) is 1.59. The summed E-state index contributed by atoms with van der Waals surface area (Å²) in [5.74, 6) is 1.24. The van der Waals surface area contributed by atoms with E-state index in [1.807, 2.05) is 43.3 Å². The zero-order valence-electron chi connectivity index (χ0n) is 11.9. The molecule has 104 valence electrons. The standard InChI is InChI=1S/C18H15O3/c1-12-7-9-13(10-8-12)16-11-17(20-2)14-5-3-4-6-15(19)18(14)21-16/h3-11H,1-2H3/q+1. The number of hydrogen-bond acceptors (Lipinski definition) is 2. The number of methoxy groups -OCH3 is 1. The first-order chi connectivity index (χ1) is 10.2. The Morgan fingerprint density at radius 1 is 1.00 bits per heavy atom. The van der Waals surface area contributed by atoms with Crippen LogP contribution in [-0.4, -0.2) is 7.11 Å². The van der Waals surface area contributed by atoms with Gasteiger partial charge in [0.25, 0.3) is 5.43 Å². The van der Waals surface area contributed by atoms with E-state index in [1.54, 1.807) is 19.2 Å². The molecule has 0 aliphatic carbocycles. The van der Waals surface area contributed by atoms with Gasteiger partial charge in [0.1, 0.15) is 11.1 Å². The highest BCUT2D eigenvalue weighted by molar-refractivity contribution is 5.85. The van der Waals surface area contributed by atoms with Gasteiger partial charge in [0.05, 0.1) is 18.7 Å². The molecule has 0 unspecified atom stereocenters. The van der Waals surface area contributed by atoms with Crippen molar-refractivity contribution in [3.63, 3.8) is 0 Å². The lowest BCUT2D eigenvalue weighted by atomic mass is 10.1. The Hall–Kier alpha value is -2.68. The molecule has 0 aliphatic rings. The van der Waals surface area contributed by atoms with Gasteiger partial charge in [0.15, 0.2) is 0 Å². The predicted octanol–water partition coefficient (Wildman–Crippen LogP) is 4.06. The smallest absolute Gasteiger partial charge is 0.411 e. The maximum absolute atomic E-state index is 12.1. The highest BCUT2D eigenvalue weighted by Gasteiger charge is 2.21. The summed E-state index contributed by atoms with van der Waals surface area (Å²) in [5, 5.41) is 0.670. The van der Waals surface area contributed by atoms with Gasteiger partial charge in [-0.1, -0.05) is 29.8 Å². The summed E-state index contributed by atoms with van der Waals surface area (Å²) in [5.41, 5.74) is 2.21. The van der Waals surface area contributed by atoms with Crippen LogP contribution < -0.4 is 10.2 Å². The summed E-state index contributed by atoms with van der Waals surface area (Å²) in [6.45, 7) is 2.03. The van der Waals surface area contributed by atoms with Crippen molar-refractivity contribution in [1.82, 2.24) is 0 Å². The quantitative estimate of drug-likeness (QED) is 0.664. The first-order valence-corrected chi connectivity index (χ1v) is 6.70. The molecule has 0 spiro atoms. The molecular formula is C18H15O3+. The molecule has 21 heavy (non-hydrogen) atoms. The lowest BCUT2D eigenvalue weighted by Gasteiger charge is -1.99. The van der Waals surface area contributed by atoms with Crippen LogP contribution in [0.1, 0.15) is 5.56 Å². The van der Waals surface area contributed by atoms with Gasteiger partial charge >= 0.3 is 11.3 Å². The zero-order valence-corrected chi connectivity index (χ0v) is 11.9. The van der Waals surface area contributed by atoms with E-state index in [1.165, 1.54) is 11.6 Å². The fourth-order valence-corrected chi connectivity index (χ4v) is 2.24. The van der Waals surface area contributed by atoms with Crippen molar-refractivity contribution in [2.24, 2.45) is 0 Å². The van der Waals surface area contributed by atoms with E-state index < -0.39 is 0 Å². The van der Waals surface area contributed by atoms with Crippen LogP contribution in [-0.2, 0) is 0 Å². The Labute approximate surface area is 122 Å². The van der Waals surface area contributed by atoms with E-state index in [9.17, 15) is 4.79 Å². The van der Waals surface area contributed by atoms with Crippen LogP contribution in [0.2, 0.25) is 0 Å². The fourth-order valence-electron chi connectivity index (χ4n) is 2.24. The van der Waals surface area contributed by atoms with Crippen LogP contribution in [0.15, 0.2) is 63.8 Å². The molecule has 2 aromatic carbocycles. The summed E-state index contributed by atoms with van der Waals surface area (Å²) in [4.78, 5) is 12.1. The highest BCUT2D eigenvalue weighted by atomic mass is 16.5. The van der Waals surface area contributed by atoms with E-state index in [0.29, 0.717) is 22.5 Å². The van der Waals surface area contributed by atoms with E-state index >= 15 is 0 Å². The molecule has 3 rings (SSSR count). The number of ether oxygens (including phenoxy) is 1. The van der Waals surface area contributed by atoms with Gasteiger partial charge in [-0.25, -0.2) is 4.42 Å². The van der Waals surface area contributed by atoms with Crippen molar-refractivity contribution in [2.45, 2.75) is 6.92 Å². The van der Waals surface area contributed by atoms with Gasteiger partial charge in [0.2, 0.25) is 0 Å². The number of rotatable bonds is 2. The Balaban J connectivity index is 2.34. The Morgan fingerprint density at radius 2 is 1.71 bits per heavy atom. The van der Waals surface area contributed by atoms with Gasteiger partial charge in [-0.3, -0.25) is 4.79 Å². The average molecular weight is 279 g/mol. The van der Waals surface area contributed by atoms with Gasteiger partial charge in [-0.2, -0.15) is 0 Å². The minimum absolute atomic E-state index is 0.165. The first-order valence-electron chi connectivity index (χ1n) is 6.70. The molecule has 0 aliphatic heterocycles. The maximum atomic E-state index is 12.1. The molecule has 0 amide bonds. The van der Waals surface area contributed by atoms with E-state index in [0.717, 1.165) is 5.56 Å². The third-order valence-corrected chi connectivity index (χ3v) is 3.39. The molecule has 3 aromatic rings. The average Bonchev–Trinajstić information content (AvgIpc) is 2.69. The summed E-state index contributed by atoms with van der Waals surface area (Å²) in [6, 6.07) is 16.6. The molecule has 0 bridgehead atoms. The molecule has 1 aromatic heterocycles. The molecule has 1 heterocycles. The normalized spacial score (nSPS) is 10.6. The SMILES string of the molecule is COc1cc(-c2ccc(C)cc2)[o+]c2c(=O)ccccc12. The summed E-state index contributed by atoms with van der Waals surface area (Å²) in [6.07, 6.45) is 0. The monoisotopic (exact) mass is 279 g/mol. The van der Waals surface area contributed by atoms with Gasteiger partial charge < -0.3 is 4.74 Å². The van der Waals surface area contributed by atoms with Gasteiger partial charge in [-0.15, -0.1) is 0 Å². The van der Waals surface area contributed by atoms with Crippen molar-refractivity contribution in [3.8, 4) is 17.1 Å². The maximum Gasteiger partial charge on any atom is 0.411 e.